The molecule has 0 aliphatic carbocycles. The van der Waals surface area contributed by atoms with Crippen LogP contribution < -0.4 is 5.32 Å². The Bertz CT molecular complexity index is 924. The zero-order valence-corrected chi connectivity index (χ0v) is 15.1. The molecule has 4 heterocycles. The van der Waals surface area contributed by atoms with Gasteiger partial charge in [0, 0.05) is 24.9 Å². The topological polar surface area (TPSA) is 68.5 Å². The smallest absolute Gasteiger partial charge is 0.267 e. The second-order valence-electron chi connectivity index (χ2n) is 6.40. The molecule has 0 saturated carbocycles. The van der Waals surface area contributed by atoms with Crippen LogP contribution in [0.2, 0.25) is 0 Å². The van der Waals surface area contributed by atoms with E-state index >= 15 is 0 Å². The summed E-state index contributed by atoms with van der Waals surface area (Å²) in [5, 5.41) is 3.97. The van der Waals surface area contributed by atoms with Crippen LogP contribution >= 0.6 is 11.3 Å². The molecule has 6 nitrogen and oxygen atoms in total. The molecule has 1 fully saturated rings. The summed E-state index contributed by atoms with van der Waals surface area (Å²) < 4.78 is 7.45. The van der Waals surface area contributed by atoms with Gasteiger partial charge in [-0.25, -0.2) is 9.97 Å². The van der Waals surface area contributed by atoms with Crippen LogP contribution in [0.15, 0.2) is 24.5 Å². The Kier molecular flexibility index (Phi) is 4.27. The van der Waals surface area contributed by atoms with Gasteiger partial charge >= 0.3 is 0 Å². The first-order valence-electron chi connectivity index (χ1n) is 8.42. The van der Waals surface area contributed by atoms with Crippen LogP contribution in [0, 0.1) is 13.8 Å². The Balaban J connectivity index is 1.54. The second-order valence-corrected chi connectivity index (χ2v) is 7.43. The first-order chi connectivity index (χ1) is 12.1. The van der Waals surface area contributed by atoms with E-state index in [-0.39, 0.29) is 5.91 Å². The minimum absolute atomic E-state index is 0.117. The maximum Gasteiger partial charge on any atom is 0.267 e. The summed E-state index contributed by atoms with van der Waals surface area (Å²) in [5.74, 6) is 0.193. The van der Waals surface area contributed by atoms with E-state index in [1.807, 2.05) is 42.8 Å². The lowest BCUT2D eigenvalue weighted by molar-refractivity contribution is 0.0803. The zero-order valence-electron chi connectivity index (χ0n) is 14.3. The third-order valence-corrected chi connectivity index (χ3v) is 5.68. The molecule has 1 aliphatic rings. The molecule has 0 aromatic carbocycles. The van der Waals surface area contributed by atoms with Gasteiger partial charge in [0.15, 0.2) is 0 Å². The van der Waals surface area contributed by atoms with Crippen molar-refractivity contribution in [2.75, 3.05) is 18.5 Å². The van der Waals surface area contributed by atoms with E-state index in [1.54, 1.807) is 0 Å². The van der Waals surface area contributed by atoms with E-state index in [1.165, 1.54) is 11.3 Å². The van der Waals surface area contributed by atoms with Crippen molar-refractivity contribution in [1.29, 1.82) is 0 Å². The Morgan fingerprint density at radius 1 is 1.32 bits per heavy atom. The number of anilines is 1. The number of ether oxygens (including phenoxy) is 1. The van der Waals surface area contributed by atoms with E-state index in [4.69, 9.17) is 4.74 Å². The Morgan fingerprint density at radius 3 is 3.00 bits per heavy atom. The lowest BCUT2D eigenvalue weighted by Gasteiger charge is -2.19. The molecular formula is C18H20N4O2S. The fourth-order valence-corrected chi connectivity index (χ4v) is 4.20. The highest BCUT2D eigenvalue weighted by Crippen LogP contribution is 2.31. The molecule has 0 bridgehead atoms. The van der Waals surface area contributed by atoms with Gasteiger partial charge in [-0.15, -0.1) is 11.3 Å². The SMILES string of the molecule is Cc1cn2cc(NC(=O)c3sc(C4CCCOC4)nc3C)ccc2n1. The van der Waals surface area contributed by atoms with Gasteiger partial charge in [0.1, 0.15) is 10.5 Å². The van der Waals surface area contributed by atoms with E-state index in [0.717, 1.165) is 47.2 Å². The highest BCUT2D eigenvalue weighted by Gasteiger charge is 2.23. The third-order valence-electron chi connectivity index (χ3n) is 4.36. The number of carbonyl (C=O) groups excluding carboxylic acids is 1. The molecule has 3 aromatic heterocycles. The monoisotopic (exact) mass is 356 g/mol. The fraction of sp³-hybridized carbons (Fsp3) is 0.389. The number of imidazole rings is 1. The van der Waals surface area contributed by atoms with E-state index in [9.17, 15) is 4.79 Å². The maximum absolute atomic E-state index is 12.7. The average Bonchev–Trinajstić information content (AvgIpc) is 3.17. The van der Waals surface area contributed by atoms with Gasteiger partial charge in [-0.1, -0.05) is 0 Å². The predicted octanol–water partition coefficient (Wildman–Crippen LogP) is 3.55. The molecule has 1 saturated heterocycles. The fourth-order valence-electron chi connectivity index (χ4n) is 3.12. The van der Waals surface area contributed by atoms with E-state index in [2.05, 4.69) is 15.3 Å². The number of pyridine rings is 1. The van der Waals surface area contributed by atoms with Crippen LogP contribution in [0.3, 0.4) is 0 Å². The number of rotatable bonds is 3. The number of hydrogen-bond donors (Lipinski definition) is 1. The number of aryl methyl sites for hydroxylation is 2. The molecule has 0 spiro atoms. The van der Waals surface area contributed by atoms with Crippen molar-refractivity contribution in [3.63, 3.8) is 0 Å². The molecule has 1 unspecified atom stereocenters. The third kappa shape index (κ3) is 3.29. The van der Waals surface area contributed by atoms with Crippen molar-refractivity contribution in [1.82, 2.24) is 14.4 Å². The van der Waals surface area contributed by atoms with Crippen LogP contribution in [-0.2, 0) is 4.74 Å². The Labute approximate surface area is 149 Å². The lowest BCUT2D eigenvalue weighted by Crippen LogP contribution is -2.15. The molecule has 130 valence electrons. The van der Waals surface area contributed by atoms with Gasteiger partial charge in [0.25, 0.3) is 5.91 Å². The van der Waals surface area contributed by atoms with E-state index in [0.29, 0.717) is 17.4 Å². The average molecular weight is 356 g/mol. The van der Waals surface area contributed by atoms with Crippen molar-refractivity contribution in [3.05, 3.63) is 45.8 Å². The van der Waals surface area contributed by atoms with Crippen molar-refractivity contribution in [3.8, 4) is 0 Å². The second kappa shape index (κ2) is 6.57. The minimum atomic E-state index is -0.117. The normalized spacial score (nSPS) is 17.8. The molecule has 0 radical (unpaired) electrons. The zero-order chi connectivity index (χ0) is 17.4. The predicted molar refractivity (Wildman–Crippen MR) is 97.5 cm³/mol. The van der Waals surface area contributed by atoms with Crippen molar-refractivity contribution in [2.24, 2.45) is 0 Å². The standard InChI is InChI=1S/C18H20N4O2S/c1-11-8-22-9-14(5-6-15(22)19-11)21-17(23)16-12(2)20-18(25-16)13-4-3-7-24-10-13/h5-6,8-9,13H,3-4,7,10H2,1-2H3,(H,21,23). The van der Waals surface area contributed by atoms with Gasteiger partial charge in [-0.05, 0) is 38.8 Å². The summed E-state index contributed by atoms with van der Waals surface area (Å²) in [6.07, 6.45) is 5.93. The molecule has 1 atom stereocenters. The number of amides is 1. The van der Waals surface area contributed by atoms with Crippen LogP contribution in [0.5, 0.6) is 0 Å². The number of nitrogens with zero attached hydrogens (tertiary/aromatic N) is 3. The quantitative estimate of drug-likeness (QED) is 0.779. The van der Waals surface area contributed by atoms with Gasteiger partial charge in [-0.3, -0.25) is 4.79 Å². The largest absolute Gasteiger partial charge is 0.381 e. The van der Waals surface area contributed by atoms with Gasteiger partial charge in [0.2, 0.25) is 0 Å². The van der Waals surface area contributed by atoms with Gasteiger partial charge in [-0.2, -0.15) is 0 Å². The molecule has 1 N–H and O–H groups in total. The molecule has 3 aromatic rings. The summed E-state index contributed by atoms with van der Waals surface area (Å²) >= 11 is 1.48. The summed E-state index contributed by atoms with van der Waals surface area (Å²) in [5.41, 5.74) is 3.33. The summed E-state index contributed by atoms with van der Waals surface area (Å²) in [6.45, 7) is 5.36. The van der Waals surface area contributed by atoms with E-state index < -0.39 is 0 Å². The maximum atomic E-state index is 12.7. The van der Waals surface area contributed by atoms with Crippen molar-refractivity contribution in [2.45, 2.75) is 32.6 Å². The molecule has 1 amide bonds. The van der Waals surface area contributed by atoms with Crippen LogP contribution in [-0.4, -0.2) is 33.5 Å². The minimum Gasteiger partial charge on any atom is -0.381 e. The number of fused-ring (bicyclic) bond motifs is 1. The van der Waals surface area contributed by atoms with Crippen molar-refractivity contribution >= 4 is 28.6 Å². The molecule has 1 aliphatic heterocycles. The number of hydrogen-bond acceptors (Lipinski definition) is 5. The first-order valence-corrected chi connectivity index (χ1v) is 9.23. The summed E-state index contributed by atoms with van der Waals surface area (Å²) in [7, 11) is 0. The molecule has 7 heteroatoms. The molecular weight excluding hydrogens is 336 g/mol. The highest BCUT2D eigenvalue weighted by atomic mass is 32.1. The van der Waals surface area contributed by atoms with Gasteiger partial charge < -0.3 is 14.5 Å². The van der Waals surface area contributed by atoms with Crippen LogP contribution in [0.4, 0.5) is 5.69 Å². The number of nitrogens with one attached hydrogen (secondary N) is 1. The number of thiazole rings is 1. The summed E-state index contributed by atoms with van der Waals surface area (Å²) in [6, 6.07) is 3.76. The van der Waals surface area contributed by atoms with Crippen molar-refractivity contribution < 1.29 is 9.53 Å². The van der Waals surface area contributed by atoms with Crippen LogP contribution in [0.25, 0.3) is 5.65 Å². The number of carbonyl (C=O) groups is 1. The van der Waals surface area contributed by atoms with Gasteiger partial charge in [0.05, 0.1) is 28.7 Å². The lowest BCUT2D eigenvalue weighted by atomic mass is 10.0. The number of aromatic nitrogens is 3. The van der Waals surface area contributed by atoms with Crippen LogP contribution in [0.1, 0.15) is 44.8 Å². The Morgan fingerprint density at radius 2 is 2.20 bits per heavy atom. The highest BCUT2D eigenvalue weighted by molar-refractivity contribution is 7.14. The first kappa shape index (κ1) is 16.2. The Hall–Kier alpha value is -2.25. The molecule has 4 rings (SSSR count). The molecule has 25 heavy (non-hydrogen) atoms. The summed E-state index contributed by atoms with van der Waals surface area (Å²) in [4.78, 5) is 22.3.